The number of nitrogens with one attached hydrogen (secondary N) is 1. The lowest BCUT2D eigenvalue weighted by molar-refractivity contribution is -0.118. The molecule has 0 aliphatic rings. The van der Waals surface area contributed by atoms with Crippen LogP contribution in [0.5, 0.6) is 5.75 Å². The number of guanidine groups is 1. The second-order valence-electron chi connectivity index (χ2n) is 8.36. The van der Waals surface area contributed by atoms with Crippen LogP contribution >= 0.6 is 0 Å². The molecule has 1 amide bonds. The van der Waals surface area contributed by atoms with Gasteiger partial charge in [0.1, 0.15) is 17.1 Å². The predicted molar refractivity (Wildman–Crippen MR) is 125 cm³/mol. The topological polar surface area (TPSA) is 146 Å². The van der Waals surface area contributed by atoms with E-state index in [9.17, 15) is 14.4 Å². The zero-order valence-corrected chi connectivity index (χ0v) is 19.1. The number of ketones is 1. The summed E-state index contributed by atoms with van der Waals surface area (Å²) in [6.07, 6.45) is 0.621. The van der Waals surface area contributed by atoms with Crippen molar-refractivity contribution in [3.05, 3.63) is 59.7 Å². The molecular formula is C24H30N4O5. The molecule has 0 saturated heterocycles. The number of carbonyl (C=O) groups is 3. The Labute approximate surface area is 193 Å². The maximum atomic E-state index is 12.3. The molecule has 0 unspecified atom stereocenters. The van der Waals surface area contributed by atoms with E-state index in [0.717, 1.165) is 5.56 Å². The molecule has 2 aromatic rings. The minimum absolute atomic E-state index is 0.0478. The van der Waals surface area contributed by atoms with Gasteiger partial charge in [-0.25, -0.2) is 14.6 Å². The number of amides is 1. The molecule has 5 N–H and O–H groups in total. The summed E-state index contributed by atoms with van der Waals surface area (Å²) in [6.45, 7) is 5.73. The Morgan fingerprint density at radius 2 is 1.61 bits per heavy atom. The van der Waals surface area contributed by atoms with Crippen LogP contribution in [-0.2, 0) is 16.0 Å². The van der Waals surface area contributed by atoms with E-state index >= 15 is 0 Å². The summed E-state index contributed by atoms with van der Waals surface area (Å²) >= 11 is 0. The molecule has 0 aliphatic carbocycles. The predicted octanol–water partition coefficient (Wildman–Crippen LogP) is 3.23. The Kier molecular flexibility index (Phi) is 8.97. The van der Waals surface area contributed by atoms with Gasteiger partial charge in [-0.2, -0.15) is 0 Å². The lowest BCUT2D eigenvalue weighted by Gasteiger charge is -2.19. The Bertz CT molecular complexity index is 989. The Morgan fingerprint density at radius 1 is 0.970 bits per heavy atom. The van der Waals surface area contributed by atoms with E-state index in [1.54, 1.807) is 69.3 Å². The Morgan fingerprint density at radius 3 is 2.18 bits per heavy atom. The van der Waals surface area contributed by atoms with E-state index in [2.05, 4.69) is 10.3 Å². The SMILES string of the molecule is CC(C)(C)OC(=O)NCCCC(=O)Cc1ccc(OC(=O)c2ccc(N=C(N)N)cc2)cc1. The van der Waals surface area contributed by atoms with Gasteiger partial charge in [0.15, 0.2) is 5.96 Å². The van der Waals surface area contributed by atoms with Crippen LogP contribution in [0.2, 0.25) is 0 Å². The molecule has 0 heterocycles. The van der Waals surface area contributed by atoms with Gasteiger partial charge in [-0.1, -0.05) is 12.1 Å². The molecule has 0 saturated carbocycles. The number of nitrogens with two attached hydrogens (primary N) is 2. The molecule has 0 bridgehead atoms. The highest BCUT2D eigenvalue weighted by atomic mass is 16.6. The van der Waals surface area contributed by atoms with Crippen molar-refractivity contribution >= 4 is 29.5 Å². The lowest BCUT2D eigenvalue weighted by Crippen LogP contribution is -2.33. The van der Waals surface area contributed by atoms with Crippen LogP contribution in [0.25, 0.3) is 0 Å². The van der Waals surface area contributed by atoms with Crippen LogP contribution in [0.15, 0.2) is 53.5 Å². The summed E-state index contributed by atoms with van der Waals surface area (Å²) in [5.74, 6) is -0.174. The summed E-state index contributed by atoms with van der Waals surface area (Å²) in [7, 11) is 0. The third-order valence-electron chi connectivity index (χ3n) is 4.20. The van der Waals surface area contributed by atoms with E-state index in [1.807, 2.05) is 0 Å². The van der Waals surface area contributed by atoms with E-state index in [1.165, 1.54) is 0 Å². The normalized spacial score (nSPS) is 10.8. The molecule has 0 aromatic heterocycles. The molecule has 0 atom stereocenters. The molecule has 33 heavy (non-hydrogen) atoms. The van der Waals surface area contributed by atoms with Crippen LogP contribution in [0.4, 0.5) is 10.5 Å². The number of aliphatic imine (C=N–C) groups is 1. The first-order valence-electron chi connectivity index (χ1n) is 10.5. The Balaban J connectivity index is 1.77. The second kappa shape index (κ2) is 11.7. The quantitative estimate of drug-likeness (QED) is 0.173. The van der Waals surface area contributed by atoms with Crippen LogP contribution in [0.3, 0.4) is 0 Å². The molecule has 9 nitrogen and oxygen atoms in total. The van der Waals surface area contributed by atoms with Crippen molar-refractivity contribution in [2.24, 2.45) is 16.5 Å². The zero-order chi connectivity index (χ0) is 24.4. The summed E-state index contributed by atoms with van der Waals surface area (Å²) in [5, 5.41) is 2.63. The molecular weight excluding hydrogens is 424 g/mol. The number of carbonyl (C=O) groups excluding carboxylic acids is 3. The molecule has 2 aromatic carbocycles. The number of ether oxygens (including phenoxy) is 2. The van der Waals surface area contributed by atoms with Gasteiger partial charge in [0.05, 0.1) is 11.3 Å². The van der Waals surface area contributed by atoms with Gasteiger partial charge in [-0.15, -0.1) is 0 Å². The minimum Gasteiger partial charge on any atom is -0.444 e. The number of alkyl carbamates (subject to hydrolysis) is 1. The third kappa shape index (κ3) is 9.86. The van der Waals surface area contributed by atoms with Gasteiger partial charge in [0.2, 0.25) is 0 Å². The lowest BCUT2D eigenvalue weighted by atomic mass is 10.1. The maximum absolute atomic E-state index is 12.3. The number of hydrogen-bond donors (Lipinski definition) is 3. The molecule has 0 fully saturated rings. The molecule has 176 valence electrons. The van der Waals surface area contributed by atoms with Crippen LogP contribution < -0.4 is 21.5 Å². The first-order chi connectivity index (χ1) is 15.5. The van der Waals surface area contributed by atoms with Gasteiger partial charge in [-0.05, 0) is 69.2 Å². The summed E-state index contributed by atoms with van der Waals surface area (Å²) in [4.78, 5) is 39.9. The van der Waals surface area contributed by atoms with Crippen LogP contribution in [-0.4, -0.2) is 36.0 Å². The largest absolute Gasteiger partial charge is 0.444 e. The van der Waals surface area contributed by atoms with Gasteiger partial charge >= 0.3 is 12.1 Å². The highest BCUT2D eigenvalue weighted by Crippen LogP contribution is 2.17. The number of benzene rings is 2. The van der Waals surface area contributed by atoms with E-state index in [0.29, 0.717) is 36.4 Å². The Hall–Kier alpha value is -3.88. The minimum atomic E-state index is -0.556. The van der Waals surface area contributed by atoms with Crippen molar-refractivity contribution in [3.63, 3.8) is 0 Å². The van der Waals surface area contributed by atoms with Gasteiger partial charge in [0, 0.05) is 19.4 Å². The maximum Gasteiger partial charge on any atom is 0.407 e. The third-order valence-corrected chi connectivity index (χ3v) is 4.20. The van der Waals surface area contributed by atoms with E-state index in [-0.39, 0.29) is 18.2 Å². The summed E-state index contributed by atoms with van der Waals surface area (Å²) in [6, 6.07) is 13.1. The number of hydrogen-bond acceptors (Lipinski definition) is 6. The summed E-state index contributed by atoms with van der Waals surface area (Å²) in [5.41, 5.74) is 11.8. The molecule has 2 rings (SSSR count). The highest BCUT2D eigenvalue weighted by Gasteiger charge is 2.15. The van der Waals surface area contributed by atoms with Crippen molar-refractivity contribution in [1.82, 2.24) is 5.32 Å². The fraction of sp³-hybridized carbons (Fsp3) is 0.333. The molecule has 9 heteroatoms. The fourth-order valence-corrected chi connectivity index (χ4v) is 2.77. The second-order valence-corrected chi connectivity index (χ2v) is 8.36. The van der Waals surface area contributed by atoms with E-state index in [4.69, 9.17) is 20.9 Å². The van der Waals surface area contributed by atoms with Crippen molar-refractivity contribution in [3.8, 4) is 5.75 Å². The van der Waals surface area contributed by atoms with Crippen LogP contribution in [0, 0.1) is 0 Å². The number of Topliss-reactive ketones (excluding diaryl/α,β-unsaturated/α-hetero) is 1. The van der Waals surface area contributed by atoms with Gasteiger partial charge < -0.3 is 26.3 Å². The van der Waals surface area contributed by atoms with Crippen molar-refractivity contribution < 1.29 is 23.9 Å². The first kappa shape index (κ1) is 25.4. The molecule has 0 aliphatic heterocycles. The molecule has 0 spiro atoms. The fourth-order valence-electron chi connectivity index (χ4n) is 2.77. The monoisotopic (exact) mass is 454 g/mol. The van der Waals surface area contributed by atoms with Gasteiger partial charge in [-0.3, -0.25) is 4.79 Å². The smallest absolute Gasteiger partial charge is 0.407 e. The van der Waals surface area contributed by atoms with Crippen molar-refractivity contribution in [1.29, 1.82) is 0 Å². The number of nitrogens with zero attached hydrogens (tertiary/aromatic N) is 1. The standard InChI is InChI=1S/C24H30N4O5/c1-24(2,3)33-23(31)27-14-4-5-19(29)15-16-6-12-20(13-7-16)32-21(30)17-8-10-18(11-9-17)28-22(25)26/h6-13H,4-5,14-15H2,1-3H3,(H,27,31)(H4,25,26,28). The number of rotatable bonds is 9. The summed E-state index contributed by atoms with van der Waals surface area (Å²) < 4.78 is 10.5. The van der Waals surface area contributed by atoms with E-state index < -0.39 is 17.7 Å². The zero-order valence-electron chi connectivity index (χ0n) is 19.1. The van der Waals surface area contributed by atoms with Gasteiger partial charge in [0.25, 0.3) is 0 Å². The first-order valence-corrected chi connectivity index (χ1v) is 10.5. The number of esters is 1. The average Bonchev–Trinajstić information content (AvgIpc) is 2.71. The van der Waals surface area contributed by atoms with Crippen molar-refractivity contribution in [2.75, 3.05) is 6.54 Å². The van der Waals surface area contributed by atoms with Crippen LogP contribution in [0.1, 0.15) is 49.5 Å². The molecule has 0 radical (unpaired) electrons. The van der Waals surface area contributed by atoms with Crippen molar-refractivity contribution in [2.45, 2.75) is 45.6 Å². The average molecular weight is 455 g/mol. The highest BCUT2D eigenvalue weighted by molar-refractivity contribution is 5.91.